The average Bonchev–Trinajstić information content (AvgIpc) is 3.29. The Balaban J connectivity index is 1.64. The lowest BCUT2D eigenvalue weighted by Gasteiger charge is -2.61. The Morgan fingerprint density at radius 3 is 2.55 bits per heavy atom. The number of hydrogen-bond donors (Lipinski definition) is 1. The first kappa shape index (κ1) is 30.7. The average molecular weight is 573 g/mol. The third-order valence-electron chi connectivity index (χ3n) is 10.8. The predicted octanol–water partition coefficient (Wildman–Crippen LogP) is 5.13. The quantitative estimate of drug-likeness (QED) is 0.205. The molecule has 3 fully saturated rings. The summed E-state index contributed by atoms with van der Waals surface area (Å²) in [6.07, 6.45) is 4.51. The van der Waals surface area contributed by atoms with Crippen molar-refractivity contribution < 1.29 is 29.0 Å². The molecule has 9 heteroatoms. The van der Waals surface area contributed by atoms with Crippen LogP contribution in [0.2, 0.25) is 0 Å². The maximum Gasteiger partial charge on any atom is 0.341 e. The van der Waals surface area contributed by atoms with Crippen molar-refractivity contribution in [1.29, 1.82) is 0 Å². The zero-order valence-corrected chi connectivity index (χ0v) is 25.7. The van der Waals surface area contributed by atoms with E-state index < -0.39 is 35.0 Å². The maximum atomic E-state index is 13.6. The van der Waals surface area contributed by atoms with Crippen LogP contribution in [0.15, 0.2) is 17.8 Å². The van der Waals surface area contributed by atoms with E-state index in [9.17, 15) is 19.5 Å². The van der Waals surface area contributed by atoms with Gasteiger partial charge in [-0.3, -0.25) is 9.59 Å². The topological polar surface area (TPSA) is 116 Å². The van der Waals surface area contributed by atoms with Crippen molar-refractivity contribution in [1.82, 2.24) is 9.97 Å². The first-order valence-corrected chi connectivity index (χ1v) is 15.4. The van der Waals surface area contributed by atoms with Crippen LogP contribution in [0.25, 0.3) is 0 Å². The molecule has 0 aliphatic heterocycles. The maximum absolute atomic E-state index is 13.6. The van der Waals surface area contributed by atoms with E-state index in [0.717, 1.165) is 31.0 Å². The van der Waals surface area contributed by atoms with Crippen LogP contribution in [0.3, 0.4) is 0 Å². The van der Waals surface area contributed by atoms with Crippen LogP contribution < -0.4 is 0 Å². The highest BCUT2D eigenvalue weighted by atomic mass is 32.2. The number of rotatable bonds is 7. The molecule has 2 bridgehead atoms. The summed E-state index contributed by atoms with van der Waals surface area (Å²) >= 11 is 1.16. The van der Waals surface area contributed by atoms with Crippen LogP contribution in [0.1, 0.15) is 88.5 Å². The van der Waals surface area contributed by atoms with E-state index in [0.29, 0.717) is 41.4 Å². The number of aromatic nitrogens is 2. The van der Waals surface area contributed by atoms with Crippen molar-refractivity contribution in [3.63, 3.8) is 0 Å². The van der Waals surface area contributed by atoms with E-state index >= 15 is 0 Å². The first-order chi connectivity index (χ1) is 18.8. The Morgan fingerprint density at radius 1 is 1.23 bits per heavy atom. The van der Waals surface area contributed by atoms with E-state index in [1.807, 2.05) is 13.8 Å². The van der Waals surface area contributed by atoms with Gasteiger partial charge in [-0.1, -0.05) is 52.5 Å². The summed E-state index contributed by atoms with van der Waals surface area (Å²) < 4.78 is 11.2. The van der Waals surface area contributed by atoms with Gasteiger partial charge in [-0.05, 0) is 56.3 Å². The number of aliphatic hydroxyl groups excluding tert-OH is 1. The van der Waals surface area contributed by atoms with Crippen LogP contribution >= 0.6 is 11.8 Å². The molecule has 1 heterocycles. The van der Waals surface area contributed by atoms with Gasteiger partial charge in [-0.15, -0.1) is 6.58 Å². The zero-order chi connectivity index (χ0) is 29.6. The summed E-state index contributed by atoms with van der Waals surface area (Å²) in [5.41, 5.74) is -0.134. The zero-order valence-electron chi connectivity index (χ0n) is 24.9. The molecule has 1 aromatic heterocycles. The molecule has 1 aromatic rings. The number of ketones is 1. The van der Waals surface area contributed by atoms with Gasteiger partial charge in [0.15, 0.2) is 5.16 Å². The molecule has 8 nitrogen and oxygen atoms in total. The number of ether oxygens (including phenoxy) is 2. The molecule has 4 rings (SSSR count). The number of carbonyl (C=O) groups excluding carboxylic acids is 3. The van der Waals surface area contributed by atoms with E-state index in [2.05, 4.69) is 37.3 Å². The minimum absolute atomic E-state index is 0.0192. The lowest BCUT2D eigenvalue weighted by molar-refractivity contribution is -0.205. The molecule has 3 saturated carbocycles. The molecule has 0 radical (unpaired) electrons. The molecule has 1 N–H and O–H groups in total. The van der Waals surface area contributed by atoms with Crippen molar-refractivity contribution in [2.75, 3.05) is 12.9 Å². The van der Waals surface area contributed by atoms with Crippen LogP contribution in [0.5, 0.6) is 0 Å². The molecule has 220 valence electrons. The van der Waals surface area contributed by atoms with Crippen molar-refractivity contribution in [3.05, 3.63) is 29.6 Å². The van der Waals surface area contributed by atoms with Gasteiger partial charge < -0.3 is 14.6 Å². The first-order valence-electron chi connectivity index (χ1n) is 14.4. The van der Waals surface area contributed by atoms with Gasteiger partial charge in [-0.25, -0.2) is 14.8 Å². The van der Waals surface area contributed by atoms with Gasteiger partial charge in [0.2, 0.25) is 0 Å². The SMILES string of the molecule is C=C[C@]1(C)C[C@@H](OC(=O)CSc2nc(C)c(C(=O)OC)c(CC)n2)[C@]2(C)[C@H](C)CC[C@]3(CCC(=O)[C@H]32)[C@@H](C)[C@@H]1O. The minimum Gasteiger partial charge on any atom is -0.465 e. The normalized spacial score (nSPS) is 37.2. The molecule has 0 saturated heterocycles. The number of aryl methyl sites for hydroxylation is 2. The third-order valence-corrected chi connectivity index (χ3v) is 11.6. The molecular weight excluding hydrogens is 528 g/mol. The second kappa shape index (κ2) is 11.2. The van der Waals surface area contributed by atoms with Gasteiger partial charge in [-0.2, -0.15) is 0 Å². The van der Waals surface area contributed by atoms with Crippen LogP contribution in [-0.4, -0.2) is 57.9 Å². The summed E-state index contributed by atoms with van der Waals surface area (Å²) in [6.45, 7) is 16.1. The van der Waals surface area contributed by atoms with Gasteiger partial charge in [0.05, 0.1) is 30.4 Å². The van der Waals surface area contributed by atoms with Gasteiger partial charge in [0, 0.05) is 23.2 Å². The van der Waals surface area contributed by atoms with Gasteiger partial charge >= 0.3 is 11.9 Å². The van der Waals surface area contributed by atoms with Crippen molar-refractivity contribution in [2.45, 2.75) is 97.4 Å². The smallest absolute Gasteiger partial charge is 0.341 e. The fourth-order valence-corrected chi connectivity index (χ4v) is 8.80. The van der Waals surface area contributed by atoms with Gasteiger partial charge in [0.25, 0.3) is 0 Å². The molecule has 0 amide bonds. The Morgan fingerprint density at radius 2 is 1.93 bits per heavy atom. The van der Waals surface area contributed by atoms with Crippen molar-refractivity contribution in [2.24, 2.45) is 34.0 Å². The summed E-state index contributed by atoms with van der Waals surface area (Å²) in [4.78, 5) is 48.1. The summed E-state index contributed by atoms with van der Waals surface area (Å²) in [6, 6.07) is 0. The number of esters is 2. The molecule has 0 aromatic carbocycles. The summed E-state index contributed by atoms with van der Waals surface area (Å²) in [5, 5.41) is 12.1. The highest BCUT2D eigenvalue weighted by Crippen LogP contribution is 2.68. The van der Waals surface area contributed by atoms with E-state index in [1.54, 1.807) is 13.0 Å². The number of hydrogen-bond acceptors (Lipinski definition) is 9. The third kappa shape index (κ3) is 4.81. The molecule has 0 unspecified atom stereocenters. The number of carbonyl (C=O) groups is 3. The summed E-state index contributed by atoms with van der Waals surface area (Å²) in [7, 11) is 1.32. The monoisotopic (exact) mass is 572 g/mol. The second-order valence-electron chi connectivity index (χ2n) is 12.6. The predicted molar refractivity (Wildman–Crippen MR) is 153 cm³/mol. The van der Waals surface area contributed by atoms with Crippen LogP contribution in [0, 0.1) is 40.9 Å². The van der Waals surface area contributed by atoms with Crippen molar-refractivity contribution in [3.8, 4) is 0 Å². The lowest BCUT2D eigenvalue weighted by Crippen LogP contribution is -2.63. The molecular formula is C31H44N2O6S. The highest BCUT2D eigenvalue weighted by Gasteiger charge is 2.68. The Labute approximate surface area is 242 Å². The molecule has 8 atom stereocenters. The van der Waals surface area contributed by atoms with Crippen molar-refractivity contribution >= 4 is 29.5 Å². The number of thioether (sulfide) groups is 1. The number of Topliss-reactive ketones (excluding diaryl/α,β-unsaturated/α-hetero) is 1. The Bertz CT molecular complexity index is 1200. The molecule has 40 heavy (non-hydrogen) atoms. The largest absolute Gasteiger partial charge is 0.465 e. The standard InChI is InChI=1S/C31H44N2O6S/c1-9-20-24(27(37)38-8)19(5)32-28(33-20)40-16-23(35)39-22-15-29(6,10-2)26(36)18(4)31-13-11-17(3)30(22,7)25(31)21(34)12-14-31/h10,17-18,22,25-26,36H,2,9,11-16H2,1,3-8H3/t17-,18+,22-,25+,26+,29-,30+,31+/m1/s1. The highest BCUT2D eigenvalue weighted by molar-refractivity contribution is 7.99. The fourth-order valence-electron chi connectivity index (χ4n) is 8.11. The van der Waals surface area contributed by atoms with E-state index in [1.165, 1.54) is 7.11 Å². The summed E-state index contributed by atoms with van der Waals surface area (Å²) in [5.74, 6) is -0.871. The minimum atomic E-state index is -0.705. The van der Waals surface area contributed by atoms with Crippen LogP contribution in [0.4, 0.5) is 0 Å². The Hall–Kier alpha value is -2.26. The van der Waals surface area contributed by atoms with Gasteiger partial charge in [0.1, 0.15) is 17.5 Å². The number of methoxy groups -OCH3 is 1. The van der Waals surface area contributed by atoms with E-state index in [-0.39, 0.29) is 34.7 Å². The van der Waals surface area contributed by atoms with Crippen LogP contribution in [-0.2, 0) is 25.5 Å². The number of aliphatic hydroxyl groups is 1. The molecule has 3 aliphatic rings. The fraction of sp³-hybridized carbons (Fsp3) is 0.710. The van der Waals surface area contributed by atoms with E-state index in [4.69, 9.17) is 9.47 Å². The number of nitrogens with zero attached hydrogens (tertiary/aromatic N) is 2. The lowest BCUT2D eigenvalue weighted by atomic mass is 9.44. The Kier molecular flexibility index (Phi) is 8.59. The second-order valence-corrected chi connectivity index (χ2v) is 13.6. The molecule has 3 aliphatic carbocycles. The molecule has 0 spiro atoms.